The highest BCUT2D eigenvalue weighted by Crippen LogP contribution is 2.32. The number of nitrogens with one attached hydrogen (secondary N) is 1. The van der Waals surface area contributed by atoms with Crippen molar-refractivity contribution in [2.75, 3.05) is 11.9 Å². The molecule has 1 heterocycles. The van der Waals surface area contributed by atoms with Crippen LogP contribution >= 0.6 is 39.1 Å². The molecule has 0 saturated carbocycles. The molecular formula is C22H15BrCl2N2O3. The zero-order valence-electron chi connectivity index (χ0n) is 15.7. The van der Waals surface area contributed by atoms with Crippen LogP contribution in [-0.4, -0.2) is 17.5 Å². The van der Waals surface area contributed by atoms with E-state index in [0.29, 0.717) is 60.7 Å². The predicted octanol–water partition coefficient (Wildman–Crippen LogP) is 7.22. The van der Waals surface area contributed by atoms with Gasteiger partial charge in [0.2, 0.25) is 5.89 Å². The SMILES string of the molecule is CCOc1ccc(C(=O)Nc2cc(-c3nc4cc(Cl)ccc4o3)ccc2Cl)cc1Br. The van der Waals surface area contributed by atoms with Crippen LogP contribution in [0.3, 0.4) is 0 Å². The third-order valence-corrected chi connectivity index (χ3v) is 5.49. The summed E-state index contributed by atoms with van der Waals surface area (Å²) in [5, 5.41) is 3.81. The van der Waals surface area contributed by atoms with Gasteiger partial charge in [0.05, 0.1) is 21.8 Å². The molecule has 0 fully saturated rings. The first kappa shape index (κ1) is 20.7. The smallest absolute Gasteiger partial charge is 0.255 e. The van der Waals surface area contributed by atoms with Gasteiger partial charge in [-0.1, -0.05) is 23.2 Å². The van der Waals surface area contributed by atoms with Gasteiger partial charge < -0.3 is 14.5 Å². The van der Waals surface area contributed by atoms with E-state index in [1.807, 2.05) is 6.92 Å². The number of carbonyl (C=O) groups is 1. The van der Waals surface area contributed by atoms with Gasteiger partial charge in [-0.25, -0.2) is 4.98 Å². The zero-order valence-corrected chi connectivity index (χ0v) is 18.8. The van der Waals surface area contributed by atoms with Crippen molar-refractivity contribution in [3.63, 3.8) is 0 Å². The second kappa shape index (κ2) is 8.68. The number of fused-ring (bicyclic) bond motifs is 1. The average Bonchev–Trinajstić information content (AvgIpc) is 3.14. The van der Waals surface area contributed by atoms with E-state index in [1.165, 1.54) is 0 Å². The second-order valence-electron chi connectivity index (χ2n) is 6.36. The fraction of sp³-hybridized carbons (Fsp3) is 0.0909. The molecule has 0 aliphatic heterocycles. The highest BCUT2D eigenvalue weighted by molar-refractivity contribution is 9.10. The molecule has 152 valence electrons. The van der Waals surface area contributed by atoms with Crippen LogP contribution in [0.25, 0.3) is 22.6 Å². The molecule has 8 heteroatoms. The van der Waals surface area contributed by atoms with Crippen molar-refractivity contribution in [1.29, 1.82) is 0 Å². The van der Waals surface area contributed by atoms with Crippen molar-refractivity contribution in [1.82, 2.24) is 4.98 Å². The Hall–Kier alpha value is -2.54. The first-order chi connectivity index (χ1) is 14.4. The molecule has 0 spiro atoms. The summed E-state index contributed by atoms with van der Waals surface area (Å²) >= 11 is 15.7. The third kappa shape index (κ3) is 4.31. The summed E-state index contributed by atoms with van der Waals surface area (Å²) in [5.74, 6) is 0.774. The largest absolute Gasteiger partial charge is 0.493 e. The van der Waals surface area contributed by atoms with Gasteiger partial charge in [-0.05, 0) is 77.5 Å². The first-order valence-electron chi connectivity index (χ1n) is 9.04. The summed E-state index contributed by atoms with van der Waals surface area (Å²) in [6.07, 6.45) is 0. The molecule has 0 atom stereocenters. The van der Waals surface area contributed by atoms with Crippen LogP contribution in [0, 0.1) is 0 Å². The van der Waals surface area contributed by atoms with Crippen LogP contribution in [-0.2, 0) is 0 Å². The second-order valence-corrected chi connectivity index (χ2v) is 8.06. The number of carbonyl (C=O) groups excluding carboxylic acids is 1. The van der Waals surface area contributed by atoms with Crippen molar-refractivity contribution in [2.24, 2.45) is 0 Å². The minimum absolute atomic E-state index is 0.304. The number of hydrogen-bond donors (Lipinski definition) is 1. The number of ether oxygens (including phenoxy) is 1. The Morgan fingerprint density at radius 3 is 2.73 bits per heavy atom. The number of anilines is 1. The van der Waals surface area contributed by atoms with Crippen molar-refractivity contribution in [3.8, 4) is 17.2 Å². The van der Waals surface area contributed by atoms with Gasteiger partial charge >= 0.3 is 0 Å². The van der Waals surface area contributed by atoms with Crippen molar-refractivity contribution < 1.29 is 13.9 Å². The van der Waals surface area contributed by atoms with Crippen LogP contribution in [0.15, 0.2) is 63.5 Å². The van der Waals surface area contributed by atoms with Gasteiger partial charge in [-0.15, -0.1) is 0 Å². The lowest BCUT2D eigenvalue weighted by atomic mass is 10.1. The Morgan fingerprint density at radius 1 is 1.13 bits per heavy atom. The minimum Gasteiger partial charge on any atom is -0.493 e. The minimum atomic E-state index is -0.304. The summed E-state index contributed by atoms with van der Waals surface area (Å²) in [6.45, 7) is 2.43. The molecule has 3 aromatic carbocycles. The van der Waals surface area contributed by atoms with Crippen molar-refractivity contribution in [2.45, 2.75) is 6.92 Å². The molecule has 30 heavy (non-hydrogen) atoms. The molecule has 5 nitrogen and oxygen atoms in total. The van der Waals surface area contributed by atoms with E-state index in [4.69, 9.17) is 32.4 Å². The number of nitrogens with zero attached hydrogens (tertiary/aromatic N) is 1. The van der Waals surface area contributed by atoms with E-state index in [0.717, 1.165) is 0 Å². The lowest BCUT2D eigenvalue weighted by Gasteiger charge is -2.10. The zero-order chi connectivity index (χ0) is 21.3. The number of halogens is 3. The highest BCUT2D eigenvalue weighted by Gasteiger charge is 2.14. The number of aromatic nitrogens is 1. The lowest BCUT2D eigenvalue weighted by molar-refractivity contribution is 0.102. The quantitative estimate of drug-likeness (QED) is 0.311. The van der Waals surface area contributed by atoms with Gasteiger partial charge in [0.1, 0.15) is 11.3 Å². The van der Waals surface area contributed by atoms with E-state index in [9.17, 15) is 4.79 Å². The van der Waals surface area contributed by atoms with Crippen LogP contribution in [0.5, 0.6) is 5.75 Å². The summed E-state index contributed by atoms with van der Waals surface area (Å²) in [6, 6.07) is 15.5. The van der Waals surface area contributed by atoms with Crippen LogP contribution in [0.4, 0.5) is 5.69 Å². The van der Waals surface area contributed by atoms with Crippen LogP contribution < -0.4 is 10.1 Å². The molecule has 1 N–H and O–H groups in total. The van der Waals surface area contributed by atoms with E-state index in [1.54, 1.807) is 54.6 Å². The Bertz CT molecular complexity index is 1260. The molecular weight excluding hydrogens is 491 g/mol. The monoisotopic (exact) mass is 504 g/mol. The maximum Gasteiger partial charge on any atom is 0.255 e. The fourth-order valence-corrected chi connectivity index (χ4v) is 3.71. The molecule has 0 aliphatic rings. The highest BCUT2D eigenvalue weighted by atomic mass is 79.9. The molecule has 0 bridgehead atoms. The van der Waals surface area contributed by atoms with Gasteiger partial charge in [0.15, 0.2) is 5.58 Å². The summed E-state index contributed by atoms with van der Waals surface area (Å²) < 4.78 is 12.0. The normalized spacial score (nSPS) is 10.9. The number of amides is 1. The van der Waals surface area contributed by atoms with E-state index in [2.05, 4.69) is 26.2 Å². The molecule has 0 saturated heterocycles. The number of benzene rings is 3. The van der Waals surface area contributed by atoms with Crippen molar-refractivity contribution in [3.05, 3.63) is 74.7 Å². The Kier molecular flexibility index (Phi) is 5.99. The third-order valence-electron chi connectivity index (χ3n) is 4.31. The average molecular weight is 506 g/mol. The van der Waals surface area contributed by atoms with Crippen LogP contribution in [0.1, 0.15) is 17.3 Å². The number of oxazole rings is 1. The molecule has 4 rings (SSSR count). The molecule has 1 aromatic heterocycles. The molecule has 0 radical (unpaired) electrons. The Labute approximate surface area is 191 Å². The fourth-order valence-electron chi connectivity index (χ4n) is 2.89. The van der Waals surface area contributed by atoms with E-state index < -0.39 is 0 Å². The standard InChI is InChI=1S/C22H15BrCl2N2O3/c1-2-29-19-7-4-12(9-15(19)23)21(28)26-17-10-13(3-6-16(17)25)22-27-18-11-14(24)5-8-20(18)30-22/h3-11H,2H2,1H3,(H,26,28). The maximum atomic E-state index is 12.7. The number of hydrogen-bond acceptors (Lipinski definition) is 4. The molecule has 1 amide bonds. The topological polar surface area (TPSA) is 64.4 Å². The Morgan fingerprint density at radius 2 is 1.97 bits per heavy atom. The van der Waals surface area contributed by atoms with Crippen LogP contribution in [0.2, 0.25) is 10.0 Å². The van der Waals surface area contributed by atoms with Gasteiger partial charge in [-0.2, -0.15) is 0 Å². The van der Waals surface area contributed by atoms with Gasteiger partial charge in [0, 0.05) is 16.1 Å². The summed E-state index contributed by atoms with van der Waals surface area (Å²) in [7, 11) is 0. The molecule has 0 unspecified atom stereocenters. The van der Waals surface area contributed by atoms with Gasteiger partial charge in [-0.3, -0.25) is 4.79 Å². The van der Waals surface area contributed by atoms with Gasteiger partial charge in [0.25, 0.3) is 5.91 Å². The number of rotatable bonds is 5. The lowest BCUT2D eigenvalue weighted by Crippen LogP contribution is -2.12. The predicted molar refractivity (Wildman–Crippen MR) is 123 cm³/mol. The molecule has 0 aliphatic carbocycles. The first-order valence-corrected chi connectivity index (χ1v) is 10.6. The Balaban J connectivity index is 1.61. The van der Waals surface area contributed by atoms with Crippen molar-refractivity contribution >= 4 is 61.8 Å². The summed E-state index contributed by atoms with van der Waals surface area (Å²) in [5.41, 5.74) is 2.86. The maximum absolute atomic E-state index is 12.7. The van der Waals surface area contributed by atoms with E-state index in [-0.39, 0.29) is 5.91 Å². The summed E-state index contributed by atoms with van der Waals surface area (Å²) in [4.78, 5) is 17.2. The van der Waals surface area contributed by atoms with E-state index >= 15 is 0 Å². The molecule has 4 aromatic rings.